The molecular weight excluding hydrogens is 312 g/mol. The molecule has 2 aromatic carbocycles. The molecule has 0 fully saturated rings. The summed E-state index contributed by atoms with van der Waals surface area (Å²) < 4.78 is 0. The second kappa shape index (κ2) is 6.88. The van der Waals surface area contributed by atoms with E-state index in [1.54, 1.807) is 11.3 Å². The second-order valence-corrected chi connectivity index (χ2v) is 7.54. The molecule has 122 valence electrons. The van der Waals surface area contributed by atoms with E-state index in [0.29, 0.717) is 11.8 Å². The maximum Gasteiger partial charge on any atom is 0.110 e. The first kappa shape index (κ1) is 15.6. The third-order valence-corrected chi connectivity index (χ3v) is 6.05. The van der Waals surface area contributed by atoms with Crippen LogP contribution in [-0.2, 0) is 12.8 Å². The standard InChI is InChI=1S/C21H22N2S/c22-20(21-23-12-13-24-21)19-17(14-15-6-2-1-3-7-15)11-10-16-8-4-5-9-18(16)19/h1-9,12-13,17,19-20H,10-11,14,22H2. The zero-order valence-electron chi connectivity index (χ0n) is 13.6. The van der Waals surface area contributed by atoms with Crippen LogP contribution in [0.25, 0.3) is 0 Å². The van der Waals surface area contributed by atoms with E-state index < -0.39 is 0 Å². The normalized spacial score (nSPS) is 21.2. The number of thiazole rings is 1. The molecule has 24 heavy (non-hydrogen) atoms. The fourth-order valence-electron chi connectivity index (χ4n) is 4.05. The van der Waals surface area contributed by atoms with Crippen molar-refractivity contribution in [3.8, 4) is 0 Å². The number of fused-ring (bicyclic) bond motifs is 1. The molecule has 2 N–H and O–H groups in total. The minimum absolute atomic E-state index is 0.0276. The van der Waals surface area contributed by atoms with Gasteiger partial charge in [0.25, 0.3) is 0 Å². The predicted octanol–water partition coefficient (Wildman–Crippen LogP) is 4.73. The van der Waals surface area contributed by atoms with Gasteiger partial charge in [0.2, 0.25) is 0 Å². The third-order valence-electron chi connectivity index (χ3n) is 5.17. The van der Waals surface area contributed by atoms with Gasteiger partial charge in [0.15, 0.2) is 0 Å². The van der Waals surface area contributed by atoms with Crippen molar-refractivity contribution >= 4 is 11.3 Å². The topological polar surface area (TPSA) is 38.9 Å². The Morgan fingerprint density at radius 3 is 2.67 bits per heavy atom. The molecule has 3 aromatic rings. The number of aromatic nitrogens is 1. The van der Waals surface area contributed by atoms with Crippen LogP contribution in [0.5, 0.6) is 0 Å². The number of rotatable bonds is 4. The van der Waals surface area contributed by atoms with Crippen molar-refractivity contribution in [2.24, 2.45) is 11.7 Å². The molecule has 3 atom stereocenters. The highest BCUT2D eigenvalue weighted by Gasteiger charge is 2.35. The van der Waals surface area contributed by atoms with Gasteiger partial charge in [-0.25, -0.2) is 4.98 Å². The summed E-state index contributed by atoms with van der Waals surface area (Å²) in [5.74, 6) is 0.891. The average Bonchev–Trinajstić information content (AvgIpc) is 3.17. The molecule has 0 saturated heterocycles. The Labute approximate surface area is 147 Å². The lowest BCUT2D eigenvalue weighted by atomic mass is 9.70. The van der Waals surface area contributed by atoms with E-state index in [9.17, 15) is 0 Å². The molecule has 1 aliphatic rings. The van der Waals surface area contributed by atoms with Gasteiger partial charge in [-0.2, -0.15) is 0 Å². The van der Waals surface area contributed by atoms with Crippen molar-refractivity contribution in [2.75, 3.05) is 0 Å². The molecule has 3 heteroatoms. The van der Waals surface area contributed by atoms with Crippen LogP contribution in [0.4, 0.5) is 0 Å². The highest BCUT2D eigenvalue weighted by atomic mass is 32.1. The van der Waals surface area contributed by atoms with Crippen molar-refractivity contribution in [2.45, 2.75) is 31.2 Å². The van der Waals surface area contributed by atoms with Crippen LogP contribution in [0.3, 0.4) is 0 Å². The first-order valence-corrected chi connectivity index (χ1v) is 9.47. The van der Waals surface area contributed by atoms with Gasteiger partial charge < -0.3 is 5.73 Å². The molecule has 0 amide bonds. The summed E-state index contributed by atoms with van der Waals surface area (Å²) in [4.78, 5) is 4.50. The van der Waals surface area contributed by atoms with Crippen molar-refractivity contribution in [3.05, 3.63) is 87.9 Å². The van der Waals surface area contributed by atoms with Crippen molar-refractivity contribution in [3.63, 3.8) is 0 Å². The lowest BCUT2D eigenvalue weighted by Gasteiger charge is -2.37. The van der Waals surface area contributed by atoms with E-state index in [1.165, 1.54) is 23.1 Å². The maximum atomic E-state index is 6.72. The number of aryl methyl sites for hydroxylation is 1. The van der Waals surface area contributed by atoms with Gasteiger partial charge >= 0.3 is 0 Å². The molecule has 0 saturated carbocycles. The molecule has 2 nitrogen and oxygen atoms in total. The number of nitrogens with two attached hydrogens (primary N) is 1. The van der Waals surface area contributed by atoms with E-state index in [0.717, 1.165) is 17.8 Å². The summed E-state index contributed by atoms with van der Waals surface area (Å²) in [7, 11) is 0. The van der Waals surface area contributed by atoms with Gasteiger partial charge in [-0.1, -0.05) is 54.6 Å². The molecule has 0 radical (unpaired) electrons. The quantitative estimate of drug-likeness (QED) is 0.749. The van der Waals surface area contributed by atoms with Crippen molar-refractivity contribution < 1.29 is 0 Å². The largest absolute Gasteiger partial charge is 0.321 e. The fraction of sp³-hybridized carbons (Fsp3) is 0.286. The van der Waals surface area contributed by atoms with Crippen LogP contribution in [0, 0.1) is 5.92 Å². The Hall–Kier alpha value is -1.97. The summed E-state index contributed by atoms with van der Waals surface area (Å²) in [5, 5.41) is 3.07. The first-order chi connectivity index (χ1) is 11.8. The van der Waals surface area contributed by atoms with Crippen LogP contribution >= 0.6 is 11.3 Å². The minimum Gasteiger partial charge on any atom is -0.321 e. The monoisotopic (exact) mass is 334 g/mol. The second-order valence-electron chi connectivity index (χ2n) is 6.61. The van der Waals surface area contributed by atoms with E-state index in [-0.39, 0.29) is 6.04 Å². The zero-order chi connectivity index (χ0) is 16.4. The van der Waals surface area contributed by atoms with Crippen molar-refractivity contribution in [1.82, 2.24) is 4.98 Å². The van der Waals surface area contributed by atoms with E-state index >= 15 is 0 Å². The van der Waals surface area contributed by atoms with E-state index in [4.69, 9.17) is 5.73 Å². The molecule has 3 unspecified atom stereocenters. The molecule has 1 aliphatic carbocycles. The van der Waals surface area contributed by atoms with Gasteiger partial charge in [0.05, 0.1) is 6.04 Å². The maximum absolute atomic E-state index is 6.72. The molecule has 1 heterocycles. The van der Waals surface area contributed by atoms with Crippen LogP contribution in [0.1, 0.15) is 40.1 Å². The third kappa shape index (κ3) is 3.02. The van der Waals surface area contributed by atoms with Crippen LogP contribution in [-0.4, -0.2) is 4.98 Å². The van der Waals surface area contributed by atoms with Crippen LogP contribution in [0.15, 0.2) is 66.2 Å². The summed E-state index contributed by atoms with van der Waals surface area (Å²) >= 11 is 1.67. The van der Waals surface area contributed by atoms with Crippen LogP contribution in [0.2, 0.25) is 0 Å². The predicted molar refractivity (Wildman–Crippen MR) is 100 cm³/mol. The Kier molecular flexibility index (Phi) is 4.46. The van der Waals surface area contributed by atoms with Gasteiger partial charge in [-0.15, -0.1) is 11.3 Å². The van der Waals surface area contributed by atoms with E-state index in [2.05, 4.69) is 59.6 Å². The lowest BCUT2D eigenvalue weighted by molar-refractivity contribution is 0.326. The Balaban J connectivity index is 1.70. The van der Waals surface area contributed by atoms with Gasteiger partial charge in [0.1, 0.15) is 5.01 Å². The average molecular weight is 334 g/mol. The number of benzene rings is 2. The van der Waals surface area contributed by atoms with Crippen molar-refractivity contribution in [1.29, 1.82) is 0 Å². The molecule has 0 aliphatic heterocycles. The first-order valence-electron chi connectivity index (χ1n) is 8.59. The fourth-order valence-corrected chi connectivity index (χ4v) is 4.73. The SMILES string of the molecule is NC(c1nccs1)C1c2ccccc2CCC1Cc1ccccc1. The molecular formula is C21H22N2S. The van der Waals surface area contributed by atoms with Gasteiger partial charge in [-0.3, -0.25) is 0 Å². The molecule has 1 aromatic heterocycles. The zero-order valence-corrected chi connectivity index (χ0v) is 14.5. The highest BCUT2D eigenvalue weighted by Crippen LogP contribution is 2.44. The summed E-state index contributed by atoms with van der Waals surface area (Å²) in [6.07, 6.45) is 5.28. The minimum atomic E-state index is -0.0276. The molecule has 0 bridgehead atoms. The summed E-state index contributed by atoms with van der Waals surface area (Å²) in [5.41, 5.74) is 11.0. The number of hydrogen-bond acceptors (Lipinski definition) is 3. The summed E-state index contributed by atoms with van der Waals surface area (Å²) in [6, 6.07) is 19.6. The number of hydrogen-bond donors (Lipinski definition) is 1. The smallest absolute Gasteiger partial charge is 0.110 e. The Bertz CT molecular complexity index is 783. The number of nitrogens with zero attached hydrogens (tertiary/aromatic N) is 1. The highest BCUT2D eigenvalue weighted by molar-refractivity contribution is 7.09. The van der Waals surface area contributed by atoms with Gasteiger partial charge in [0, 0.05) is 17.5 Å². The van der Waals surface area contributed by atoms with E-state index in [1.807, 2.05) is 11.6 Å². The Morgan fingerprint density at radius 2 is 1.88 bits per heavy atom. The molecule has 4 rings (SSSR count). The lowest BCUT2D eigenvalue weighted by Crippen LogP contribution is -2.31. The Morgan fingerprint density at radius 1 is 1.08 bits per heavy atom. The summed E-state index contributed by atoms with van der Waals surface area (Å²) in [6.45, 7) is 0. The van der Waals surface area contributed by atoms with Crippen LogP contribution < -0.4 is 5.73 Å². The molecule has 0 spiro atoms. The van der Waals surface area contributed by atoms with Gasteiger partial charge in [-0.05, 0) is 41.9 Å².